The molecule has 3 heteroatoms. The molecule has 0 heterocycles. The summed E-state index contributed by atoms with van der Waals surface area (Å²) in [7, 11) is 0. The Labute approximate surface area is 119 Å². The van der Waals surface area contributed by atoms with Gasteiger partial charge in [-0.25, -0.2) is 12.1 Å². The first-order valence-corrected chi connectivity index (χ1v) is 15.4. The van der Waals surface area contributed by atoms with E-state index in [4.69, 9.17) is 5.11 Å². The molecule has 0 bridgehead atoms. The van der Waals surface area contributed by atoms with Gasteiger partial charge in [0.05, 0.1) is 0 Å². The number of aliphatic hydroxyl groups is 1. The maximum absolute atomic E-state index is 8.88. The van der Waals surface area contributed by atoms with Crippen LogP contribution in [0.4, 0.5) is 0 Å². The second-order valence-electron chi connectivity index (χ2n) is 4.74. The summed E-state index contributed by atoms with van der Waals surface area (Å²) in [4.78, 5) is 7.03. The van der Waals surface area contributed by atoms with Gasteiger partial charge < -0.3 is 0 Å². The molecule has 17 heavy (non-hydrogen) atoms. The first-order chi connectivity index (χ1) is 7.55. The van der Waals surface area contributed by atoms with E-state index in [1.54, 1.807) is 0 Å². The number of hydrogen-bond donors (Lipinski definition) is 1. The average Bonchev–Trinajstić information content (AvgIpc) is 2.91. The minimum Gasteiger partial charge on any atom is -0.214 e. The van der Waals surface area contributed by atoms with Crippen molar-refractivity contribution in [3.8, 4) is 0 Å². The summed E-state index contributed by atoms with van der Waals surface area (Å²) < 4.78 is 1.40. The fourth-order valence-corrected chi connectivity index (χ4v) is 6.15. The van der Waals surface area contributed by atoms with Crippen LogP contribution < -0.4 is 0 Å². The Morgan fingerprint density at radius 3 is 2.06 bits per heavy atom. The zero-order valence-corrected chi connectivity index (χ0v) is 14.5. The predicted octanol–water partition coefficient (Wildman–Crippen LogP) is 4.20. The van der Waals surface area contributed by atoms with E-state index in [0.717, 1.165) is 5.57 Å². The van der Waals surface area contributed by atoms with Crippen LogP contribution in [0, 0.1) is 0 Å². The summed E-state index contributed by atoms with van der Waals surface area (Å²) >= 11 is -1.93. The first kappa shape index (κ1) is 16.7. The van der Waals surface area contributed by atoms with E-state index in [-0.39, 0.29) is 17.1 Å². The third kappa shape index (κ3) is 5.71. The van der Waals surface area contributed by atoms with Crippen molar-refractivity contribution in [2.45, 2.75) is 14.8 Å². The van der Waals surface area contributed by atoms with Crippen molar-refractivity contribution in [2.75, 3.05) is 0 Å². The standard InChI is InChI=1S/C6H5O.C5H5.3CH3.Fe.Sn/c7-5-6-3-1-2-4-6;1-2-4-5-3-1;;;;;/h1-3,5,7H;1-5H;3*1H3;;/q;-1;;;;;/b6-5+;;;;;;. The van der Waals surface area contributed by atoms with Crippen LogP contribution in [0.25, 0.3) is 0 Å². The summed E-state index contributed by atoms with van der Waals surface area (Å²) in [5, 5.41) is 8.88. The van der Waals surface area contributed by atoms with E-state index in [9.17, 15) is 0 Å². The van der Waals surface area contributed by atoms with E-state index < -0.39 is 18.4 Å². The molecule has 1 N–H and O–H groups in total. The molecule has 0 unspecified atom stereocenters. The number of allylic oxidation sites excluding steroid dienone is 5. The van der Waals surface area contributed by atoms with Crippen molar-refractivity contribution < 1.29 is 22.2 Å². The minimum atomic E-state index is -1.93. The van der Waals surface area contributed by atoms with Gasteiger partial charge in [0.25, 0.3) is 0 Å². The first-order valence-electron chi connectivity index (χ1n) is 5.46. The molecule has 0 aliphatic heterocycles. The Kier molecular flexibility index (Phi) is 7.76. The molecule has 1 aliphatic rings. The Morgan fingerprint density at radius 1 is 1.18 bits per heavy atom. The zero-order chi connectivity index (χ0) is 12.0. The van der Waals surface area contributed by atoms with Crippen LogP contribution in [0.1, 0.15) is 0 Å². The van der Waals surface area contributed by atoms with E-state index in [1.165, 1.54) is 9.85 Å². The molecule has 0 amide bonds. The average molecular weight is 378 g/mol. The van der Waals surface area contributed by atoms with Gasteiger partial charge in [-0.2, -0.15) is 18.2 Å². The molecule has 0 radical (unpaired) electrons. The van der Waals surface area contributed by atoms with E-state index in [1.807, 2.05) is 42.5 Å². The molecular formula is C14H19FeOSn-. The molecule has 1 aliphatic carbocycles. The molecule has 1 aromatic carbocycles. The summed E-state index contributed by atoms with van der Waals surface area (Å²) in [5.74, 6) is 0. The van der Waals surface area contributed by atoms with Crippen LogP contribution >= 0.6 is 0 Å². The van der Waals surface area contributed by atoms with Crippen molar-refractivity contribution in [3.63, 3.8) is 0 Å². The molecule has 0 atom stereocenters. The second-order valence-corrected chi connectivity index (χ2v) is 19.1. The Balaban J connectivity index is 0.000000360. The smallest absolute Gasteiger partial charge is 0 e. The summed E-state index contributed by atoms with van der Waals surface area (Å²) in [6.07, 6.45) is 7.34. The number of aliphatic hydroxyl groups excluding tert-OH is 1. The van der Waals surface area contributed by atoms with Crippen molar-refractivity contribution in [2.24, 2.45) is 0 Å². The molecule has 0 saturated heterocycles. The monoisotopic (exact) mass is 379 g/mol. The molecule has 0 fully saturated rings. The summed E-state index contributed by atoms with van der Waals surface area (Å²) in [6, 6.07) is 10.0. The van der Waals surface area contributed by atoms with Gasteiger partial charge in [0.2, 0.25) is 0 Å². The van der Waals surface area contributed by atoms with Gasteiger partial charge >= 0.3 is 72.0 Å². The molecular weight excluding hydrogens is 359 g/mol. The predicted molar refractivity (Wildman–Crippen MR) is 73.3 cm³/mol. The van der Waals surface area contributed by atoms with Gasteiger partial charge in [0.15, 0.2) is 0 Å². The van der Waals surface area contributed by atoms with Crippen LogP contribution in [-0.2, 0) is 17.1 Å². The number of hydrogen-bond acceptors (Lipinski definition) is 1. The fourth-order valence-electron chi connectivity index (χ4n) is 1.55. The SMILES string of the molecule is [CH3][Sn]([CH3])([CH3])[C]1=CC=C/C1=C\O.[Fe].c1cc[cH-]c1. The zero-order valence-electron chi connectivity index (χ0n) is 10.5. The van der Waals surface area contributed by atoms with E-state index >= 15 is 0 Å². The van der Waals surface area contributed by atoms with Gasteiger partial charge in [-0.15, -0.1) is 0 Å². The molecule has 0 saturated carbocycles. The van der Waals surface area contributed by atoms with Gasteiger partial charge in [0, 0.05) is 17.1 Å². The van der Waals surface area contributed by atoms with Crippen LogP contribution in [0.5, 0.6) is 0 Å². The van der Waals surface area contributed by atoms with Crippen LogP contribution in [0.2, 0.25) is 14.8 Å². The summed E-state index contributed by atoms with van der Waals surface area (Å²) in [5.41, 5.74) is 1.02. The normalized spacial score (nSPS) is 15.9. The summed E-state index contributed by atoms with van der Waals surface area (Å²) in [6.45, 7) is 0. The minimum absolute atomic E-state index is 0. The van der Waals surface area contributed by atoms with Crippen molar-refractivity contribution >= 4 is 18.4 Å². The largest absolute Gasteiger partial charge is 0.214 e. The van der Waals surface area contributed by atoms with Crippen LogP contribution in [0.15, 0.2) is 64.0 Å². The van der Waals surface area contributed by atoms with Crippen molar-refractivity contribution in [1.29, 1.82) is 0 Å². The maximum Gasteiger partial charge on any atom is 0 e. The van der Waals surface area contributed by atoms with Gasteiger partial charge in [-0.05, 0) is 0 Å². The Morgan fingerprint density at radius 2 is 1.76 bits per heavy atom. The third-order valence-corrected chi connectivity index (χ3v) is 8.26. The second kappa shape index (κ2) is 7.91. The fraction of sp³-hybridized carbons (Fsp3) is 0.214. The van der Waals surface area contributed by atoms with Crippen LogP contribution in [0.3, 0.4) is 0 Å². The Bertz CT molecular complexity index is 377. The van der Waals surface area contributed by atoms with Gasteiger partial charge in [-0.1, -0.05) is 0 Å². The molecule has 0 aromatic heterocycles. The number of rotatable bonds is 1. The van der Waals surface area contributed by atoms with Gasteiger partial charge in [0.1, 0.15) is 0 Å². The van der Waals surface area contributed by atoms with Gasteiger partial charge in [-0.3, -0.25) is 0 Å². The molecule has 0 spiro atoms. The van der Waals surface area contributed by atoms with Crippen molar-refractivity contribution in [1.82, 2.24) is 0 Å². The van der Waals surface area contributed by atoms with E-state index in [0.29, 0.717) is 0 Å². The van der Waals surface area contributed by atoms with Crippen LogP contribution in [-0.4, -0.2) is 23.5 Å². The van der Waals surface area contributed by atoms with E-state index in [2.05, 4.69) is 20.9 Å². The molecule has 1 aromatic rings. The quantitative estimate of drug-likeness (QED) is 0.441. The van der Waals surface area contributed by atoms with Crippen molar-refractivity contribution in [3.05, 3.63) is 64.0 Å². The molecule has 1 nitrogen and oxygen atoms in total. The topological polar surface area (TPSA) is 20.2 Å². The maximum atomic E-state index is 8.88. The molecule has 94 valence electrons. The third-order valence-electron chi connectivity index (χ3n) is 2.35. The molecule has 2 rings (SSSR count). The Hall–Kier alpha value is -0.312.